The fraction of sp³-hybridized carbons (Fsp3) is 0.278. The number of fused-ring (bicyclic) bond motifs is 3. The molecule has 0 saturated heterocycles. The van der Waals surface area contributed by atoms with Crippen molar-refractivity contribution in [2.75, 3.05) is 0 Å². The molecule has 4 rings (SSSR count). The van der Waals surface area contributed by atoms with Crippen molar-refractivity contribution in [3.63, 3.8) is 0 Å². The molecule has 1 fully saturated rings. The second-order valence-electron chi connectivity index (χ2n) is 5.72. The lowest BCUT2D eigenvalue weighted by Gasteiger charge is -2.21. The van der Waals surface area contributed by atoms with Crippen LogP contribution in [0.4, 0.5) is 0 Å². The Kier molecular flexibility index (Phi) is 2.11. The molecule has 0 heterocycles. The third-order valence-electron chi connectivity index (χ3n) is 4.59. The topological polar surface area (TPSA) is 23.8 Å². The van der Waals surface area contributed by atoms with Crippen LogP contribution in [-0.2, 0) is 18.3 Å². The molecule has 1 nitrogen and oxygen atoms in total. The number of hydrogen-bond donors (Lipinski definition) is 0. The largest absolute Gasteiger partial charge is 0.197 e. The van der Waals surface area contributed by atoms with E-state index in [1.165, 1.54) is 27.8 Å². The third kappa shape index (κ3) is 1.53. The van der Waals surface area contributed by atoms with Crippen LogP contribution in [0.2, 0.25) is 0 Å². The summed E-state index contributed by atoms with van der Waals surface area (Å²) in [6.45, 7) is 0. The highest BCUT2D eigenvalue weighted by molar-refractivity contribution is 5.73. The van der Waals surface area contributed by atoms with E-state index in [9.17, 15) is 5.26 Å². The highest BCUT2D eigenvalue weighted by Gasteiger charge is 2.45. The second-order valence-corrected chi connectivity index (χ2v) is 5.72. The summed E-state index contributed by atoms with van der Waals surface area (Å²) < 4.78 is 0. The first-order valence-electron chi connectivity index (χ1n) is 6.95. The van der Waals surface area contributed by atoms with Crippen molar-refractivity contribution < 1.29 is 0 Å². The van der Waals surface area contributed by atoms with Gasteiger partial charge in [0, 0.05) is 0 Å². The molecule has 19 heavy (non-hydrogen) atoms. The summed E-state index contributed by atoms with van der Waals surface area (Å²) in [6.07, 6.45) is 4.27. The fourth-order valence-electron chi connectivity index (χ4n) is 3.22. The number of hydrogen-bond acceptors (Lipinski definition) is 1. The van der Waals surface area contributed by atoms with Gasteiger partial charge in [0.15, 0.2) is 0 Å². The van der Waals surface area contributed by atoms with Gasteiger partial charge in [0.2, 0.25) is 0 Å². The summed E-state index contributed by atoms with van der Waals surface area (Å²) in [4.78, 5) is 0. The normalized spacial score (nSPS) is 18.1. The van der Waals surface area contributed by atoms with Crippen molar-refractivity contribution in [2.24, 2.45) is 0 Å². The van der Waals surface area contributed by atoms with Crippen LogP contribution in [0.15, 0.2) is 42.5 Å². The SMILES string of the molecule is N#CC1(c2ccc3c(c2)CCc2ccccc2-3)CC1. The van der Waals surface area contributed by atoms with Crippen molar-refractivity contribution in [3.8, 4) is 17.2 Å². The van der Waals surface area contributed by atoms with Crippen LogP contribution < -0.4 is 0 Å². The Morgan fingerprint density at radius 3 is 2.42 bits per heavy atom. The molecule has 2 aliphatic carbocycles. The lowest BCUT2D eigenvalue weighted by molar-refractivity contribution is 0.886. The van der Waals surface area contributed by atoms with E-state index in [1.54, 1.807) is 0 Å². The minimum absolute atomic E-state index is 0.161. The molecule has 0 unspecified atom stereocenters. The Labute approximate surface area is 113 Å². The Balaban J connectivity index is 1.85. The molecule has 0 radical (unpaired) electrons. The van der Waals surface area contributed by atoms with Crippen LogP contribution in [0.1, 0.15) is 29.5 Å². The number of nitrogens with zero attached hydrogens (tertiary/aromatic N) is 1. The van der Waals surface area contributed by atoms with Gasteiger partial charge in [-0.3, -0.25) is 0 Å². The molecule has 2 aromatic carbocycles. The first-order valence-corrected chi connectivity index (χ1v) is 6.95. The number of rotatable bonds is 1. The highest BCUT2D eigenvalue weighted by atomic mass is 14.5. The maximum Gasteiger partial charge on any atom is 0.0823 e. The van der Waals surface area contributed by atoms with Crippen LogP contribution in [0.5, 0.6) is 0 Å². The average Bonchev–Trinajstić information content (AvgIpc) is 3.28. The molecule has 0 amide bonds. The van der Waals surface area contributed by atoms with Gasteiger partial charge >= 0.3 is 0 Å². The van der Waals surface area contributed by atoms with E-state index in [0.717, 1.165) is 25.7 Å². The predicted octanol–water partition coefficient (Wildman–Crippen LogP) is 4.01. The van der Waals surface area contributed by atoms with Crippen molar-refractivity contribution in [3.05, 3.63) is 59.2 Å². The average molecular weight is 245 g/mol. The van der Waals surface area contributed by atoms with Gasteiger partial charge in [0.05, 0.1) is 11.5 Å². The molecule has 1 saturated carbocycles. The number of aryl methyl sites for hydroxylation is 2. The highest BCUT2D eigenvalue weighted by Crippen LogP contribution is 2.48. The van der Waals surface area contributed by atoms with Crippen molar-refractivity contribution in [1.29, 1.82) is 5.26 Å². The number of benzene rings is 2. The first kappa shape index (κ1) is 10.8. The zero-order chi connectivity index (χ0) is 12.9. The standard InChI is InChI=1S/C18H15N/c19-12-18(9-10-18)15-7-8-17-14(11-15)6-5-13-3-1-2-4-16(13)17/h1-4,7-8,11H,5-6,9-10H2. The first-order chi connectivity index (χ1) is 9.32. The summed E-state index contributed by atoms with van der Waals surface area (Å²) in [5.74, 6) is 0. The summed E-state index contributed by atoms with van der Waals surface area (Å²) in [5.41, 5.74) is 6.66. The molecule has 2 aliphatic rings. The Hall–Kier alpha value is -2.07. The van der Waals surface area contributed by atoms with Crippen molar-refractivity contribution in [1.82, 2.24) is 0 Å². The predicted molar refractivity (Wildman–Crippen MR) is 75.8 cm³/mol. The molecule has 0 spiro atoms. The van der Waals surface area contributed by atoms with E-state index < -0.39 is 0 Å². The summed E-state index contributed by atoms with van der Waals surface area (Å²) in [6, 6.07) is 17.8. The molecule has 92 valence electrons. The van der Waals surface area contributed by atoms with Gasteiger partial charge in [-0.2, -0.15) is 5.26 Å². The fourth-order valence-corrected chi connectivity index (χ4v) is 3.22. The molecule has 1 heteroatoms. The van der Waals surface area contributed by atoms with Crippen molar-refractivity contribution >= 4 is 0 Å². The number of nitriles is 1. The van der Waals surface area contributed by atoms with Crippen LogP contribution in [0.25, 0.3) is 11.1 Å². The lowest BCUT2D eigenvalue weighted by atomic mass is 9.83. The zero-order valence-electron chi connectivity index (χ0n) is 10.8. The van der Waals surface area contributed by atoms with Gasteiger partial charge in [-0.05, 0) is 53.5 Å². The maximum atomic E-state index is 9.32. The quantitative estimate of drug-likeness (QED) is 0.744. The Morgan fingerprint density at radius 1 is 0.895 bits per heavy atom. The second kappa shape index (κ2) is 3.71. The monoisotopic (exact) mass is 245 g/mol. The van der Waals surface area contributed by atoms with Gasteiger partial charge in [0.25, 0.3) is 0 Å². The zero-order valence-corrected chi connectivity index (χ0v) is 10.8. The van der Waals surface area contributed by atoms with Gasteiger partial charge in [0.1, 0.15) is 0 Å². The Bertz CT molecular complexity index is 702. The van der Waals surface area contributed by atoms with Crippen LogP contribution in [0.3, 0.4) is 0 Å². The van der Waals surface area contributed by atoms with Crippen LogP contribution in [-0.4, -0.2) is 0 Å². The van der Waals surface area contributed by atoms with E-state index in [4.69, 9.17) is 0 Å². The van der Waals surface area contributed by atoms with Gasteiger partial charge < -0.3 is 0 Å². The molecular formula is C18H15N. The lowest BCUT2D eigenvalue weighted by Crippen LogP contribution is -2.08. The summed E-state index contributed by atoms with van der Waals surface area (Å²) >= 11 is 0. The van der Waals surface area contributed by atoms with E-state index in [-0.39, 0.29) is 5.41 Å². The molecule has 0 aliphatic heterocycles. The minimum Gasteiger partial charge on any atom is -0.197 e. The van der Waals surface area contributed by atoms with E-state index in [0.29, 0.717) is 0 Å². The summed E-state index contributed by atoms with van der Waals surface area (Å²) in [7, 11) is 0. The smallest absolute Gasteiger partial charge is 0.0823 e. The van der Waals surface area contributed by atoms with Gasteiger partial charge in [-0.15, -0.1) is 0 Å². The minimum atomic E-state index is -0.161. The molecular weight excluding hydrogens is 230 g/mol. The van der Waals surface area contributed by atoms with E-state index in [2.05, 4.69) is 48.5 Å². The van der Waals surface area contributed by atoms with Crippen LogP contribution >= 0.6 is 0 Å². The van der Waals surface area contributed by atoms with Crippen molar-refractivity contribution in [2.45, 2.75) is 31.1 Å². The molecule has 0 N–H and O–H groups in total. The van der Waals surface area contributed by atoms with Gasteiger partial charge in [-0.1, -0.05) is 42.5 Å². The molecule has 0 bridgehead atoms. The van der Waals surface area contributed by atoms with Gasteiger partial charge in [-0.25, -0.2) is 0 Å². The third-order valence-corrected chi connectivity index (χ3v) is 4.59. The molecule has 0 aromatic heterocycles. The molecule has 2 aromatic rings. The van der Waals surface area contributed by atoms with Crippen LogP contribution in [0, 0.1) is 11.3 Å². The summed E-state index contributed by atoms with van der Waals surface area (Å²) in [5, 5.41) is 9.32. The van der Waals surface area contributed by atoms with E-state index >= 15 is 0 Å². The maximum absolute atomic E-state index is 9.32. The Morgan fingerprint density at radius 2 is 1.63 bits per heavy atom. The van der Waals surface area contributed by atoms with E-state index in [1.807, 2.05) is 0 Å². The molecule has 0 atom stereocenters.